The Bertz CT molecular complexity index is 3090. The molecule has 0 saturated heterocycles. The van der Waals surface area contributed by atoms with Crippen LogP contribution in [0.1, 0.15) is 22.3 Å². The zero-order valence-corrected chi connectivity index (χ0v) is 30.9. The first-order chi connectivity index (χ1) is 28.3. The second-order valence-electron chi connectivity index (χ2n) is 15.1. The Labute approximate surface area is 330 Å². The minimum Gasteiger partial charge on any atom is -0.456 e. The third-order valence-electron chi connectivity index (χ3n) is 12.1. The molecule has 0 saturated carbocycles. The maximum absolute atomic E-state index is 6.33. The van der Waals surface area contributed by atoms with Crippen LogP contribution in [0.2, 0.25) is 0 Å². The van der Waals surface area contributed by atoms with Crippen LogP contribution in [0.15, 0.2) is 211 Å². The standard InChI is InChI=1S/C54H34N2O/c1-3-15-35(16-4-1)39-32-48(36-17-5-2-6-18-36)55-53(34-39)56-49-24-12-10-22-46(49)54(47-23-11-13-25-50(47)56)44-21-9-7-19-40(44)43-31-37(28-30-45(43)54)38-27-29-42-41-20-8-14-26-51(41)57-52(42)33-38/h1-34H. The van der Waals surface area contributed by atoms with E-state index >= 15 is 0 Å². The number of hydrogen-bond donors (Lipinski definition) is 0. The van der Waals surface area contributed by atoms with E-state index < -0.39 is 5.41 Å². The highest BCUT2D eigenvalue weighted by atomic mass is 16.3. The number of fused-ring (bicyclic) bond motifs is 12. The Morgan fingerprint density at radius 3 is 1.72 bits per heavy atom. The van der Waals surface area contributed by atoms with Gasteiger partial charge in [-0.2, -0.15) is 0 Å². The molecule has 0 unspecified atom stereocenters. The van der Waals surface area contributed by atoms with Crippen molar-refractivity contribution in [1.29, 1.82) is 0 Å². The summed E-state index contributed by atoms with van der Waals surface area (Å²) >= 11 is 0. The van der Waals surface area contributed by atoms with Crippen LogP contribution in [0.25, 0.3) is 66.6 Å². The van der Waals surface area contributed by atoms with Gasteiger partial charge in [0.25, 0.3) is 0 Å². The fourth-order valence-electron chi connectivity index (χ4n) is 9.63. The van der Waals surface area contributed by atoms with Crippen molar-refractivity contribution in [2.45, 2.75) is 5.41 Å². The molecule has 3 nitrogen and oxygen atoms in total. The summed E-state index contributed by atoms with van der Waals surface area (Å²) in [6, 6.07) is 74.4. The summed E-state index contributed by atoms with van der Waals surface area (Å²) < 4.78 is 6.33. The lowest BCUT2D eigenvalue weighted by Crippen LogP contribution is -2.36. The van der Waals surface area contributed by atoms with Gasteiger partial charge in [-0.15, -0.1) is 0 Å². The zero-order valence-electron chi connectivity index (χ0n) is 30.9. The van der Waals surface area contributed by atoms with Crippen LogP contribution in [0.3, 0.4) is 0 Å². The van der Waals surface area contributed by atoms with Gasteiger partial charge in [0, 0.05) is 16.3 Å². The highest BCUT2D eigenvalue weighted by Crippen LogP contribution is 2.63. The first-order valence-electron chi connectivity index (χ1n) is 19.5. The van der Waals surface area contributed by atoms with Crippen LogP contribution < -0.4 is 4.90 Å². The largest absolute Gasteiger partial charge is 0.456 e. The van der Waals surface area contributed by atoms with E-state index in [0.29, 0.717) is 0 Å². The molecule has 57 heavy (non-hydrogen) atoms. The van der Waals surface area contributed by atoms with Crippen molar-refractivity contribution in [3.05, 3.63) is 229 Å². The van der Waals surface area contributed by atoms with Crippen molar-refractivity contribution in [1.82, 2.24) is 4.98 Å². The molecule has 3 heterocycles. The van der Waals surface area contributed by atoms with Gasteiger partial charge in [-0.25, -0.2) is 4.98 Å². The molecule has 3 heteroatoms. The average Bonchev–Trinajstić information content (AvgIpc) is 3.80. The van der Waals surface area contributed by atoms with Gasteiger partial charge in [-0.05, 0) is 104 Å². The molecule has 1 spiro atoms. The van der Waals surface area contributed by atoms with Crippen LogP contribution in [0.4, 0.5) is 17.2 Å². The van der Waals surface area contributed by atoms with Crippen molar-refractivity contribution in [2.24, 2.45) is 0 Å². The fraction of sp³-hybridized carbons (Fsp3) is 0.0185. The van der Waals surface area contributed by atoms with Gasteiger partial charge in [0.1, 0.15) is 17.0 Å². The van der Waals surface area contributed by atoms with E-state index in [1.807, 2.05) is 12.1 Å². The summed E-state index contributed by atoms with van der Waals surface area (Å²) in [5, 5.41) is 2.28. The molecule has 0 fully saturated rings. The molecular formula is C54H34N2O. The SMILES string of the molecule is c1ccc(-c2cc(-c3ccccc3)nc(N3c4ccccc4C4(c5ccccc5-c5cc(-c6ccc7c(c6)oc6ccccc67)ccc54)c4ccccc43)c2)cc1. The molecule has 12 rings (SSSR count). The van der Waals surface area contributed by atoms with Crippen LogP contribution in [-0.2, 0) is 5.41 Å². The third-order valence-corrected chi connectivity index (χ3v) is 12.1. The van der Waals surface area contributed by atoms with Gasteiger partial charge in [0.05, 0.1) is 22.5 Å². The number of pyridine rings is 1. The summed E-state index contributed by atoms with van der Waals surface area (Å²) in [5.74, 6) is 0.882. The van der Waals surface area contributed by atoms with E-state index in [0.717, 1.165) is 72.6 Å². The maximum atomic E-state index is 6.33. The highest BCUT2D eigenvalue weighted by molar-refractivity contribution is 6.06. The Morgan fingerprint density at radius 2 is 0.947 bits per heavy atom. The Hall–Kier alpha value is -7.49. The summed E-state index contributed by atoms with van der Waals surface area (Å²) in [4.78, 5) is 7.83. The van der Waals surface area contributed by atoms with Gasteiger partial charge in [-0.3, -0.25) is 4.90 Å². The van der Waals surface area contributed by atoms with Crippen LogP contribution in [0.5, 0.6) is 0 Å². The number of rotatable bonds is 4. The van der Waals surface area contributed by atoms with Crippen molar-refractivity contribution < 1.29 is 4.42 Å². The zero-order chi connectivity index (χ0) is 37.5. The molecule has 1 aliphatic heterocycles. The number of aromatic nitrogens is 1. The number of hydrogen-bond acceptors (Lipinski definition) is 3. The monoisotopic (exact) mass is 726 g/mol. The molecule has 1 aliphatic carbocycles. The van der Waals surface area contributed by atoms with Crippen molar-refractivity contribution in [3.63, 3.8) is 0 Å². The minimum absolute atomic E-state index is 0.546. The van der Waals surface area contributed by atoms with Crippen molar-refractivity contribution >= 4 is 39.1 Å². The molecule has 0 bridgehead atoms. The van der Waals surface area contributed by atoms with Gasteiger partial charge >= 0.3 is 0 Å². The topological polar surface area (TPSA) is 29.3 Å². The van der Waals surface area contributed by atoms with E-state index in [2.05, 4.69) is 199 Å². The molecular weight excluding hydrogens is 693 g/mol. The first kappa shape index (κ1) is 31.8. The molecule has 2 aromatic heterocycles. The summed E-state index contributed by atoms with van der Waals surface area (Å²) in [6.45, 7) is 0. The number of benzene rings is 8. The third kappa shape index (κ3) is 4.63. The second kappa shape index (κ2) is 12.3. The molecule has 8 aromatic carbocycles. The molecule has 0 atom stereocenters. The predicted octanol–water partition coefficient (Wildman–Crippen LogP) is 14.1. The Morgan fingerprint density at radius 1 is 0.368 bits per heavy atom. The summed E-state index contributed by atoms with van der Waals surface area (Å²) in [5.41, 5.74) is 17.7. The van der Waals surface area contributed by atoms with Crippen molar-refractivity contribution in [3.8, 4) is 44.6 Å². The molecule has 0 amide bonds. The number of nitrogens with zero attached hydrogens (tertiary/aromatic N) is 2. The van der Waals surface area contributed by atoms with Crippen LogP contribution >= 0.6 is 0 Å². The molecule has 2 aliphatic rings. The van der Waals surface area contributed by atoms with Gasteiger partial charge in [-0.1, -0.05) is 158 Å². The number of furan rings is 1. The minimum atomic E-state index is -0.546. The lowest BCUT2D eigenvalue weighted by atomic mass is 9.64. The Kier molecular flexibility index (Phi) is 6.84. The van der Waals surface area contributed by atoms with Gasteiger partial charge in [0.2, 0.25) is 0 Å². The normalized spacial score (nSPS) is 13.4. The smallest absolute Gasteiger partial charge is 0.138 e. The van der Waals surface area contributed by atoms with E-state index in [1.54, 1.807) is 0 Å². The lowest BCUT2D eigenvalue weighted by molar-refractivity contribution is 0.669. The van der Waals surface area contributed by atoms with Crippen molar-refractivity contribution in [2.75, 3.05) is 4.90 Å². The van der Waals surface area contributed by atoms with Gasteiger partial charge in [0.15, 0.2) is 0 Å². The quantitative estimate of drug-likeness (QED) is 0.181. The average molecular weight is 727 g/mol. The molecule has 266 valence electrons. The van der Waals surface area contributed by atoms with E-state index in [1.165, 1.54) is 33.4 Å². The number of anilines is 3. The molecule has 0 N–H and O–H groups in total. The fourth-order valence-corrected chi connectivity index (χ4v) is 9.63. The molecule has 0 radical (unpaired) electrons. The summed E-state index contributed by atoms with van der Waals surface area (Å²) in [7, 11) is 0. The van der Waals surface area contributed by atoms with Gasteiger partial charge < -0.3 is 4.42 Å². The van der Waals surface area contributed by atoms with Crippen LogP contribution in [-0.4, -0.2) is 4.98 Å². The lowest BCUT2D eigenvalue weighted by Gasteiger charge is -2.44. The number of para-hydroxylation sites is 3. The summed E-state index contributed by atoms with van der Waals surface area (Å²) in [6.07, 6.45) is 0. The predicted molar refractivity (Wildman–Crippen MR) is 233 cm³/mol. The Balaban J connectivity index is 1.08. The van der Waals surface area contributed by atoms with E-state index in [4.69, 9.17) is 9.40 Å². The molecule has 10 aromatic rings. The van der Waals surface area contributed by atoms with E-state index in [9.17, 15) is 0 Å². The van der Waals surface area contributed by atoms with Crippen LogP contribution in [0, 0.1) is 0 Å². The highest BCUT2D eigenvalue weighted by Gasteiger charge is 2.51. The first-order valence-corrected chi connectivity index (χ1v) is 19.5. The second-order valence-corrected chi connectivity index (χ2v) is 15.1. The van der Waals surface area contributed by atoms with E-state index in [-0.39, 0.29) is 0 Å². The maximum Gasteiger partial charge on any atom is 0.138 e.